The van der Waals surface area contributed by atoms with Crippen molar-refractivity contribution in [2.45, 2.75) is 12.5 Å². The van der Waals surface area contributed by atoms with E-state index in [0.717, 1.165) is 12.1 Å². The zero-order valence-corrected chi connectivity index (χ0v) is 10.6. The quantitative estimate of drug-likeness (QED) is 0.906. The van der Waals surface area contributed by atoms with Gasteiger partial charge in [-0.05, 0) is 42.3 Å². The predicted molar refractivity (Wildman–Crippen MR) is 68.4 cm³/mol. The average Bonchev–Trinajstić information content (AvgIpc) is 2.33. The highest BCUT2D eigenvalue weighted by Crippen LogP contribution is 2.26. The highest BCUT2D eigenvalue weighted by molar-refractivity contribution is 6.31. The summed E-state index contributed by atoms with van der Waals surface area (Å²) in [5.74, 6) is -1.92. The van der Waals surface area contributed by atoms with Crippen LogP contribution in [-0.4, -0.2) is 0 Å². The molecule has 0 heterocycles. The molecule has 0 saturated heterocycles. The van der Waals surface area contributed by atoms with Crippen LogP contribution in [0.3, 0.4) is 0 Å². The molecule has 100 valence electrons. The summed E-state index contributed by atoms with van der Waals surface area (Å²) in [6, 6.07) is 6.39. The third kappa shape index (κ3) is 3.08. The van der Waals surface area contributed by atoms with Crippen LogP contribution in [-0.2, 0) is 6.42 Å². The predicted octanol–water partition coefficient (Wildman–Crippen LogP) is 4.00. The van der Waals surface area contributed by atoms with E-state index < -0.39 is 23.5 Å². The molecule has 0 aromatic heterocycles. The Bertz CT molecular complexity index is 581. The number of nitrogens with two attached hydrogens (primary N) is 1. The minimum atomic E-state index is -0.930. The maximum Gasteiger partial charge on any atom is 0.130 e. The fourth-order valence-electron chi connectivity index (χ4n) is 1.90. The van der Waals surface area contributed by atoms with Crippen molar-refractivity contribution in [2.75, 3.05) is 0 Å². The van der Waals surface area contributed by atoms with Gasteiger partial charge < -0.3 is 5.73 Å². The van der Waals surface area contributed by atoms with Gasteiger partial charge in [0.25, 0.3) is 0 Å². The number of hydrogen-bond acceptors (Lipinski definition) is 1. The van der Waals surface area contributed by atoms with E-state index in [1.54, 1.807) is 0 Å². The highest BCUT2D eigenvalue weighted by Gasteiger charge is 2.18. The van der Waals surface area contributed by atoms with Gasteiger partial charge in [0.15, 0.2) is 0 Å². The summed E-state index contributed by atoms with van der Waals surface area (Å²) < 4.78 is 40.2. The van der Waals surface area contributed by atoms with E-state index in [0.29, 0.717) is 10.6 Å². The first kappa shape index (κ1) is 13.9. The molecule has 2 aromatic rings. The maximum atomic E-state index is 13.6. The van der Waals surface area contributed by atoms with Gasteiger partial charge in [-0.15, -0.1) is 0 Å². The molecule has 2 rings (SSSR count). The Labute approximate surface area is 113 Å². The molecule has 0 aliphatic heterocycles. The Balaban J connectivity index is 2.31. The third-order valence-corrected chi connectivity index (χ3v) is 3.19. The van der Waals surface area contributed by atoms with Crippen molar-refractivity contribution in [3.63, 3.8) is 0 Å². The monoisotopic (exact) mass is 285 g/mol. The molecule has 5 heteroatoms. The zero-order valence-electron chi connectivity index (χ0n) is 9.84. The minimum Gasteiger partial charge on any atom is -0.323 e. The summed E-state index contributed by atoms with van der Waals surface area (Å²) >= 11 is 5.90. The Hall–Kier alpha value is -1.52. The maximum absolute atomic E-state index is 13.6. The fourth-order valence-corrected chi connectivity index (χ4v) is 2.10. The van der Waals surface area contributed by atoms with Gasteiger partial charge in [-0.25, -0.2) is 13.2 Å². The van der Waals surface area contributed by atoms with E-state index in [2.05, 4.69) is 0 Å². The molecule has 1 nitrogen and oxygen atoms in total. The highest BCUT2D eigenvalue weighted by atomic mass is 35.5. The SMILES string of the molecule is NC(Cc1cc(F)ccc1Cl)c1c(F)cccc1F. The van der Waals surface area contributed by atoms with Gasteiger partial charge in [0.05, 0.1) is 0 Å². The van der Waals surface area contributed by atoms with Gasteiger partial charge in [-0.2, -0.15) is 0 Å². The molecule has 0 aliphatic rings. The van der Waals surface area contributed by atoms with E-state index in [1.807, 2.05) is 0 Å². The van der Waals surface area contributed by atoms with Crippen LogP contribution in [0.1, 0.15) is 17.2 Å². The molecule has 0 aliphatic carbocycles. The third-order valence-electron chi connectivity index (χ3n) is 2.82. The lowest BCUT2D eigenvalue weighted by atomic mass is 9.98. The molecule has 2 aromatic carbocycles. The molecule has 1 unspecified atom stereocenters. The van der Waals surface area contributed by atoms with Crippen molar-refractivity contribution >= 4 is 11.6 Å². The van der Waals surface area contributed by atoms with Crippen LogP contribution in [0, 0.1) is 17.5 Å². The zero-order chi connectivity index (χ0) is 14.0. The largest absolute Gasteiger partial charge is 0.323 e. The average molecular weight is 286 g/mol. The van der Waals surface area contributed by atoms with E-state index in [4.69, 9.17) is 17.3 Å². The van der Waals surface area contributed by atoms with E-state index in [9.17, 15) is 13.2 Å². The topological polar surface area (TPSA) is 26.0 Å². The number of rotatable bonds is 3. The molecule has 0 spiro atoms. The van der Waals surface area contributed by atoms with E-state index in [-0.39, 0.29) is 12.0 Å². The van der Waals surface area contributed by atoms with Crippen molar-refractivity contribution in [1.82, 2.24) is 0 Å². The second-order valence-electron chi connectivity index (χ2n) is 4.18. The fraction of sp³-hybridized carbons (Fsp3) is 0.143. The first-order chi connectivity index (χ1) is 8.99. The van der Waals surface area contributed by atoms with Gasteiger partial charge in [0.2, 0.25) is 0 Å². The molecule has 0 amide bonds. The molecular formula is C14H11ClF3N. The van der Waals surface area contributed by atoms with Crippen LogP contribution in [0.25, 0.3) is 0 Å². The van der Waals surface area contributed by atoms with Gasteiger partial charge in [-0.1, -0.05) is 17.7 Å². The van der Waals surface area contributed by atoms with Gasteiger partial charge in [0.1, 0.15) is 17.5 Å². The number of benzene rings is 2. The standard InChI is InChI=1S/C14H11ClF3N/c15-10-5-4-9(16)6-8(10)7-13(19)14-11(17)2-1-3-12(14)18/h1-6,13H,7,19H2. The first-order valence-corrected chi connectivity index (χ1v) is 6.00. The Morgan fingerprint density at radius 1 is 1.05 bits per heavy atom. The molecule has 0 bridgehead atoms. The Morgan fingerprint density at radius 3 is 2.32 bits per heavy atom. The van der Waals surface area contributed by atoms with Crippen molar-refractivity contribution in [1.29, 1.82) is 0 Å². The second-order valence-corrected chi connectivity index (χ2v) is 4.59. The molecule has 2 N–H and O–H groups in total. The summed E-state index contributed by atoms with van der Waals surface area (Å²) in [4.78, 5) is 0. The van der Waals surface area contributed by atoms with Crippen molar-refractivity contribution in [3.8, 4) is 0 Å². The van der Waals surface area contributed by atoms with Crippen molar-refractivity contribution in [3.05, 3.63) is 70.0 Å². The van der Waals surface area contributed by atoms with Crippen LogP contribution < -0.4 is 5.73 Å². The van der Waals surface area contributed by atoms with Gasteiger partial charge in [0, 0.05) is 16.6 Å². The summed E-state index contributed by atoms with van der Waals surface area (Å²) in [7, 11) is 0. The van der Waals surface area contributed by atoms with Crippen molar-refractivity contribution < 1.29 is 13.2 Å². The van der Waals surface area contributed by atoms with Crippen LogP contribution >= 0.6 is 11.6 Å². The molecule has 0 saturated carbocycles. The molecule has 1 atom stereocenters. The van der Waals surface area contributed by atoms with Crippen molar-refractivity contribution in [2.24, 2.45) is 5.73 Å². The summed E-state index contributed by atoms with van der Waals surface area (Å²) in [5, 5.41) is 0.314. The summed E-state index contributed by atoms with van der Waals surface area (Å²) in [6.45, 7) is 0. The lowest BCUT2D eigenvalue weighted by molar-refractivity contribution is 0.524. The normalized spacial score (nSPS) is 12.5. The van der Waals surface area contributed by atoms with E-state index >= 15 is 0 Å². The van der Waals surface area contributed by atoms with Crippen LogP contribution in [0.2, 0.25) is 5.02 Å². The molecule has 0 fully saturated rings. The van der Waals surface area contributed by atoms with Gasteiger partial charge >= 0.3 is 0 Å². The van der Waals surface area contributed by atoms with E-state index in [1.165, 1.54) is 24.3 Å². The van der Waals surface area contributed by atoms with Crippen LogP contribution in [0.15, 0.2) is 36.4 Å². The summed E-state index contributed by atoms with van der Waals surface area (Å²) in [5.41, 5.74) is 5.98. The molecular weight excluding hydrogens is 275 g/mol. The Morgan fingerprint density at radius 2 is 1.68 bits per heavy atom. The molecule has 19 heavy (non-hydrogen) atoms. The van der Waals surface area contributed by atoms with Crippen LogP contribution in [0.4, 0.5) is 13.2 Å². The minimum absolute atomic E-state index is 0.0500. The smallest absolute Gasteiger partial charge is 0.130 e. The lowest BCUT2D eigenvalue weighted by Crippen LogP contribution is -2.17. The first-order valence-electron chi connectivity index (χ1n) is 5.62. The number of hydrogen-bond donors (Lipinski definition) is 1. The summed E-state index contributed by atoms with van der Waals surface area (Å²) in [6.07, 6.45) is 0.0500. The molecule has 0 radical (unpaired) electrons. The van der Waals surface area contributed by atoms with Crippen LogP contribution in [0.5, 0.6) is 0 Å². The lowest BCUT2D eigenvalue weighted by Gasteiger charge is -2.15. The number of halogens is 4. The second kappa shape index (κ2) is 5.63. The Kier molecular flexibility index (Phi) is 4.12. The van der Waals surface area contributed by atoms with Gasteiger partial charge in [-0.3, -0.25) is 0 Å².